The van der Waals surface area contributed by atoms with Crippen LogP contribution in [0.4, 0.5) is 0 Å². The number of ketones is 1. The maximum absolute atomic E-state index is 13.2. The molecule has 1 saturated heterocycles. The summed E-state index contributed by atoms with van der Waals surface area (Å²) in [6, 6.07) is 9.15. The first-order chi connectivity index (χ1) is 15.8. The normalized spacial score (nSPS) is 18.8. The molecule has 4 rings (SSSR count). The Labute approximate surface area is 191 Å². The number of likely N-dealkylation sites (tertiary alicyclic amines) is 1. The van der Waals surface area contributed by atoms with Crippen molar-refractivity contribution in [3.8, 4) is 23.0 Å². The van der Waals surface area contributed by atoms with Crippen LogP contribution in [0.25, 0.3) is 5.76 Å². The molecule has 0 radical (unpaired) electrons. The number of Topliss-reactive ketones (excluding diaryl/α,β-unsaturated/α-hetero) is 1. The molecule has 0 bridgehead atoms. The second-order valence-corrected chi connectivity index (χ2v) is 7.97. The zero-order valence-corrected chi connectivity index (χ0v) is 19.0. The van der Waals surface area contributed by atoms with E-state index in [0.717, 1.165) is 0 Å². The molecule has 0 aliphatic carbocycles. The van der Waals surface area contributed by atoms with Crippen molar-refractivity contribution in [1.29, 1.82) is 0 Å². The largest absolute Gasteiger partial charge is 0.507 e. The van der Waals surface area contributed by atoms with Crippen molar-refractivity contribution >= 4 is 17.4 Å². The second kappa shape index (κ2) is 9.03. The summed E-state index contributed by atoms with van der Waals surface area (Å²) in [6.07, 6.45) is 0. The number of carbonyl (C=O) groups is 2. The number of amides is 1. The van der Waals surface area contributed by atoms with Crippen LogP contribution in [0.2, 0.25) is 0 Å². The maximum atomic E-state index is 13.2. The van der Waals surface area contributed by atoms with E-state index in [0.29, 0.717) is 40.7 Å². The van der Waals surface area contributed by atoms with Crippen LogP contribution in [0.1, 0.15) is 17.2 Å². The predicted octanol–water partition coefficient (Wildman–Crippen LogP) is 2.42. The number of benzene rings is 2. The minimum absolute atomic E-state index is 0.0239. The van der Waals surface area contributed by atoms with E-state index < -0.39 is 17.7 Å². The Kier molecular flexibility index (Phi) is 6.15. The fourth-order valence-electron chi connectivity index (χ4n) is 3.99. The smallest absolute Gasteiger partial charge is 0.295 e. The molecule has 2 aromatic rings. The molecule has 9 nitrogen and oxygen atoms in total. The van der Waals surface area contributed by atoms with E-state index in [2.05, 4.69) is 0 Å². The number of fused-ring (bicyclic) bond motifs is 1. The van der Waals surface area contributed by atoms with Gasteiger partial charge < -0.3 is 33.9 Å². The quantitative estimate of drug-likeness (QED) is 0.387. The van der Waals surface area contributed by atoms with E-state index in [-0.39, 0.29) is 24.7 Å². The summed E-state index contributed by atoms with van der Waals surface area (Å²) < 4.78 is 21.6. The molecule has 1 amide bonds. The molecule has 1 N–H and O–H groups in total. The molecule has 1 unspecified atom stereocenters. The summed E-state index contributed by atoms with van der Waals surface area (Å²) in [5, 5.41) is 11.3. The minimum atomic E-state index is -0.861. The molecule has 0 aromatic heterocycles. The molecule has 0 spiro atoms. The van der Waals surface area contributed by atoms with Gasteiger partial charge in [0.2, 0.25) is 6.79 Å². The topological polar surface area (TPSA) is 97.8 Å². The summed E-state index contributed by atoms with van der Waals surface area (Å²) in [7, 11) is 6.80. The van der Waals surface area contributed by atoms with Crippen LogP contribution in [0.15, 0.2) is 42.0 Å². The number of hydrogen-bond donors (Lipinski definition) is 1. The number of rotatable bonds is 7. The average molecular weight is 454 g/mol. The summed E-state index contributed by atoms with van der Waals surface area (Å²) >= 11 is 0. The molecule has 1 fully saturated rings. The maximum Gasteiger partial charge on any atom is 0.295 e. The number of hydrogen-bond acceptors (Lipinski definition) is 8. The summed E-state index contributed by atoms with van der Waals surface area (Å²) in [6.45, 7) is 0.885. The van der Waals surface area contributed by atoms with Gasteiger partial charge in [0.05, 0.1) is 25.8 Å². The van der Waals surface area contributed by atoms with Gasteiger partial charge in [0, 0.05) is 24.2 Å². The number of nitrogens with zero attached hydrogens (tertiary/aromatic N) is 2. The van der Waals surface area contributed by atoms with E-state index in [4.69, 9.17) is 18.9 Å². The van der Waals surface area contributed by atoms with Crippen LogP contribution >= 0.6 is 0 Å². The van der Waals surface area contributed by atoms with Crippen molar-refractivity contribution in [3.05, 3.63) is 53.1 Å². The Bertz CT molecular complexity index is 1130. The predicted molar refractivity (Wildman–Crippen MR) is 120 cm³/mol. The Morgan fingerprint density at radius 2 is 1.85 bits per heavy atom. The van der Waals surface area contributed by atoms with Gasteiger partial charge in [-0.25, -0.2) is 0 Å². The number of likely N-dealkylation sites (N-methyl/N-ethyl adjacent to an activating group) is 1. The molecule has 2 aliphatic rings. The first-order valence-corrected chi connectivity index (χ1v) is 10.4. The summed E-state index contributed by atoms with van der Waals surface area (Å²) in [4.78, 5) is 29.7. The monoisotopic (exact) mass is 454 g/mol. The van der Waals surface area contributed by atoms with Gasteiger partial charge in [0.15, 0.2) is 11.5 Å². The van der Waals surface area contributed by atoms with Crippen molar-refractivity contribution in [2.24, 2.45) is 0 Å². The number of aliphatic hydroxyl groups is 1. The highest BCUT2D eigenvalue weighted by molar-refractivity contribution is 6.46. The number of carbonyl (C=O) groups excluding carboxylic acids is 2. The Balaban J connectivity index is 1.89. The Hall–Kier alpha value is -3.72. The fourth-order valence-corrected chi connectivity index (χ4v) is 3.99. The zero-order valence-electron chi connectivity index (χ0n) is 19.0. The highest BCUT2D eigenvalue weighted by Crippen LogP contribution is 2.44. The van der Waals surface area contributed by atoms with Gasteiger partial charge >= 0.3 is 0 Å². The Morgan fingerprint density at radius 3 is 2.55 bits per heavy atom. The van der Waals surface area contributed by atoms with Gasteiger partial charge in [-0.3, -0.25) is 9.59 Å². The Morgan fingerprint density at radius 1 is 1.09 bits per heavy atom. The van der Waals surface area contributed by atoms with E-state index in [1.165, 1.54) is 19.1 Å². The van der Waals surface area contributed by atoms with E-state index in [9.17, 15) is 14.7 Å². The van der Waals surface area contributed by atoms with Gasteiger partial charge in [0.1, 0.15) is 17.3 Å². The number of ether oxygens (including phenoxy) is 4. The number of aliphatic hydroxyl groups excluding tert-OH is 1. The third kappa shape index (κ3) is 4.07. The molecule has 0 saturated carbocycles. The SMILES string of the molecule is COc1ccc(OC)c(C2C(=C(O)c3ccc4c(c3)OCO4)C(=O)C(=O)N2CCN(C)C)c1. The molecule has 2 aliphatic heterocycles. The van der Waals surface area contributed by atoms with Gasteiger partial charge in [-0.15, -0.1) is 0 Å². The van der Waals surface area contributed by atoms with Crippen molar-refractivity contribution in [3.63, 3.8) is 0 Å². The first kappa shape index (κ1) is 22.5. The third-order valence-corrected chi connectivity index (χ3v) is 5.71. The highest BCUT2D eigenvalue weighted by Gasteiger charge is 2.47. The molecule has 174 valence electrons. The molecule has 2 aromatic carbocycles. The first-order valence-electron chi connectivity index (χ1n) is 10.4. The molecule has 33 heavy (non-hydrogen) atoms. The molecular formula is C24H26N2O7. The molecular weight excluding hydrogens is 428 g/mol. The fraction of sp³-hybridized carbons (Fsp3) is 0.333. The van der Waals surface area contributed by atoms with Crippen molar-refractivity contribution in [2.75, 3.05) is 48.2 Å². The summed E-state index contributed by atoms with van der Waals surface area (Å²) in [5.41, 5.74) is 0.859. The van der Waals surface area contributed by atoms with Gasteiger partial charge in [-0.2, -0.15) is 0 Å². The average Bonchev–Trinajstić information content (AvgIpc) is 3.38. The lowest BCUT2D eigenvalue weighted by Crippen LogP contribution is -2.35. The lowest BCUT2D eigenvalue weighted by atomic mass is 9.94. The van der Waals surface area contributed by atoms with Crippen LogP contribution in [0.5, 0.6) is 23.0 Å². The van der Waals surface area contributed by atoms with Gasteiger partial charge in [-0.05, 0) is 50.5 Å². The van der Waals surface area contributed by atoms with Crippen molar-refractivity contribution in [2.45, 2.75) is 6.04 Å². The van der Waals surface area contributed by atoms with Crippen LogP contribution in [-0.4, -0.2) is 74.8 Å². The van der Waals surface area contributed by atoms with Crippen LogP contribution in [0.3, 0.4) is 0 Å². The standard InChI is InChI=1S/C24H26N2O7/c1-25(2)9-10-26-21(16-12-15(30-3)6-8-17(16)31-4)20(23(28)24(26)29)22(27)14-5-7-18-19(11-14)33-13-32-18/h5-8,11-12,21,27H,9-10,13H2,1-4H3. The minimum Gasteiger partial charge on any atom is -0.507 e. The van der Waals surface area contributed by atoms with E-state index in [1.807, 2.05) is 19.0 Å². The molecule has 2 heterocycles. The van der Waals surface area contributed by atoms with Crippen molar-refractivity contribution in [1.82, 2.24) is 9.80 Å². The number of methoxy groups -OCH3 is 2. The molecule has 9 heteroatoms. The van der Waals surface area contributed by atoms with Gasteiger partial charge in [0.25, 0.3) is 11.7 Å². The highest BCUT2D eigenvalue weighted by atomic mass is 16.7. The lowest BCUT2D eigenvalue weighted by molar-refractivity contribution is -0.140. The van der Waals surface area contributed by atoms with Crippen molar-refractivity contribution < 1.29 is 33.6 Å². The second-order valence-electron chi connectivity index (χ2n) is 7.97. The lowest BCUT2D eigenvalue weighted by Gasteiger charge is -2.28. The van der Waals surface area contributed by atoms with Crippen LogP contribution < -0.4 is 18.9 Å². The third-order valence-electron chi connectivity index (χ3n) is 5.71. The summed E-state index contributed by atoms with van der Waals surface area (Å²) in [5.74, 6) is 0.253. The zero-order chi connectivity index (χ0) is 23.7. The van der Waals surface area contributed by atoms with Crippen LogP contribution in [0, 0.1) is 0 Å². The van der Waals surface area contributed by atoms with E-state index >= 15 is 0 Å². The van der Waals surface area contributed by atoms with Crippen LogP contribution in [-0.2, 0) is 9.59 Å². The van der Waals surface area contributed by atoms with Gasteiger partial charge in [-0.1, -0.05) is 0 Å². The van der Waals surface area contributed by atoms with E-state index in [1.54, 1.807) is 36.4 Å². The molecule has 1 atom stereocenters.